The summed E-state index contributed by atoms with van der Waals surface area (Å²) in [6, 6.07) is 1.24. The van der Waals surface area contributed by atoms with Crippen LogP contribution in [0.25, 0.3) is 0 Å². The number of hydrogen-bond donors (Lipinski definition) is 1. The van der Waals surface area contributed by atoms with E-state index in [1.54, 1.807) is 17.1 Å². The number of nitrogens with one attached hydrogen (secondary N) is 1. The van der Waals surface area contributed by atoms with Gasteiger partial charge in [0.1, 0.15) is 6.54 Å². The molecule has 1 atom stereocenters. The fraction of sp³-hybridized carbons (Fsp3) is 0.467. The quantitative estimate of drug-likeness (QED) is 0.800. The minimum absolute atomic E-state index is 0.164. The summed E-state index contributed by atoms with van der Waals surface area (Å²) < 4.78 is 9.40. The van der Waals surface area contributed by atoms with Gasteiger partial charge in [0, 0.05) is 32.1 Å². The molecule has 0 saturated carbocycles. The molecule has 9 heteroatoms. The summed E-state index contributed by atoms with van der Waals surface area (Å²) in [7, 11) is 1.37. The van der Waals surface area contributed by atoms with Gasteiger partial charge in [-0.1, -0.05) is 0 Å². The van der Waals surface area contributed by atoms with E-state index in [4.69, 9.17) is 4.74 Å². The van der Waals surface area contributed by atoms with E-state index in [9.17, 15) is 14.4 Å². The molecule has 0 bridgehead atoms. The summed E-state index contributed by atoms with van der Waals surface area (Å²) in [5.74, 6) is -0.368. The van der Waals surface area contributed by atoms with Crippen LogP contribution in [-0.4, -0.2) is 37.5 Å². The molecular weight excluding hydrogens is 314 g/mol. The average molecular weight is 333 g/mol. The predicted octanol–water partition coefficient (Wildman–Crippen LogP) is -0.439. The lowest BCUT2D eigenvalue weighted by molar-refractivity contribution is -0.116. The third-order valence-corrected chi connectivity index (χ3v) is 3.91. The molecule has 0 aliphatic carbocycles. The van der Waals surface area contributed by atoms with Gasteiger partial charge in [-0.05, 0) is 12.8 Å². The largest absolute Gasteiger partial charge is 0.376 e. The molecule has 9 nitrogen and oxygen atoms in total. The van der Waals surface area contributed by atoms with Crippen LogP contribution >= 0.6 is 0 Å². The first-order chi connectivity index (χ1) is 11.5. The second kappa shape index (κ2) is 6.83. The Balaban J connectivity index is 1.61. The number of aromatic nitrogens is 4. The molecule has 128 valence electrons. The summed E-state index contributed by atoms with van der Waals surface area (Å²) >= 11 is 0. The molecule has 3 rings (SSSR count). The van der Waals surface area contributed by atoms with Crippen LogP contribution in [-0.2, 0) is 29.7 Å². The van der Waals surface area contributed by atoms with Gasteiger partial charge in [-0.15, -0.1) is 0 Å². The van der Waals surface area contributed by atoms with Crippen molar-refractivity contribution in [2.45, 2.75) is 32.0 Å². The number of nitrogens with zero attached hydrogens (tertiary/aromatic N) is 4. The van der Waals surface area contributed by atoms with E-state index in [1.165, 1.54) is 23.9 Å². The van der Waals surface area contributed by atoms with Crippen LogP contribution in [0.5, 0.6) is 0 Å². The second-order valence-corrected chi connectivity index (χ2v) is 5.76. The number of hydrogen-bond acceptors (Lipinski definition) is 5. The lowest BCUT2D eigenvalue weighted by Crippen LogP contribution is -2.38. The van der Waals surface area contributed by atoms with Crippen molar-refractivity contribution in [3.05, 3.63) is 45.5 Å². The number of carbonyl (C=O) groups is 1. The number of anilines is 1. The van der Waals surface area contributed by atoms with Gasteiger partial charge in [-0.3, -0.25) is 23.4 Å². The highest BCUT2D eigenvalue weighted by Crippen LogP contribution is 2.14. The third kappa shape index (κ3) is 3.62. The second-order valence-electron chi connectivity index (χ2n) is 5.76. The Hall–Kier alpha value is -2.68. The van der Waals surface area contributed by atoms with Crippen molar-refractivity contribution in [1.29, 1.82) is 0 Å². The van der Waals surface area contributed by atoms with E-state index < -0.39 is 11.2 Å². The summed E-state index contributed by atoms with van der Waals surface area (Å²) in [5, 5.41) is 6.88. The molecule has 0 radical (unpaired) electrons. The van der Waals surface area contributed by atoms with Gasteiger partial charge in [0.15, 0.2) is 0 Å². The minimum atomic E-state index is -0.535. The van der Waals surface area contributed by atoms with Gasteiger partial charge < -0.3 is 10.1 Å². The first-order valence-electron chi connectivity index (χ1n) is 7.73. The van der Waals surface area contributed by atoms with Crippen LogP contribution in [0.1, 0.15) is 12.8 Å². The minimum Gasteiger partial charge on any atom is -0.376 e. The Kier molecular flexibility index (Phi) is 4.61. The number of amides is 1. The summed E-state index contributed by atoms with van der Waals surface area (Å²) in [6.45, 7) is 1.25. The maximum atomic E-state index is 12.1. The first-order valence-corrected chi connectivity index (χ1v) is 7.73. The summed E-state index contributed by atoms with van der Waals surface area (Å²) in [6.07, 6.45) is 6.82. The third-order valence-electron chi connectivity index (χ3n) is 3.91. The van der Waals surface area contributed by atoms with Crippen molar-refractivity contribution >= 4 is 11.6 Å². The molecule has 24 heavy (non-hydrogen) atoms. The van der Waals surface area contributed by atoms with Gasteiger partial charge in [0.05, 0.1) is 24.5 Å². The predicted molar refractivity (Wildman–Crippen MR) is 85.8 cm³/mol. The van der Waals surface area contributed by atoms with Gasteiger partial charge in [-0.2, -0.15) is 5.10 Å². The Morgan fingerprint density at radius 1 is 1.46 bits per heavy atom. The molecule has 1 unspecified atom stereocenters. The van der Waals surface area contributed by atoms with E-state index in [0.29, 0.717) is 12.2 Å². The van der Waals surface area contributed by atoms with Gasteiger partial charge in [-0.25, -0.2) is 4.79 Å². The van der Waals surface area contributed by atoms with Crippen LogP contribution in [0.4, 0.5) is 5.69 Å². The fourth-order valence-corrected chi connectivity index (χ4v) is 2.62. The van der Waals surface area contributed by atoms with Crippen LogP contribution in [0.15, 0.2) is 34.2 Å². The molecule has 1 saturated heterocycles. The van der Waals surface area contributed by atoms with Crippen LogP contribution in [0.3, 0.4) is 0 Å². The monoisotopic (exact) mass is 333 g/mol. The van der Waals surface area contributed by atoms with E-state index >= 15 is 0 Å². The topological polar surface area (TPSA) is 100 Å². The van der Waals surface area contributed by atoms with Gasteiger partial charge >= 0.3 is 5.69 Å². The zero-order valence-corrected chi connectivity index (χ0v) is 13.3. The molecule has 0 spiro atoms. The van der Waals surface area contributed by atoms with Crippen molar-refractivity contribution in [2.24, 2.45) is 7.05 Å². The molecule has 0 aromatic carbocycles. The lowest BCUT2D eigenvalue weighted by atomic mass is 10.2. The summed E-state index contributed by atoms with van der Waals surface area (Å²) in [5.41, 5.74) is -0.394. The van der Waals surface area contributed by atoms with E-state index in [0.717, 1.165) is 24.0 Å². The van der Waals surface area contributed by atoms with Crippen molar-refractivity contribution in [2.75, 3.05) is 11.9 Å². The highest BCUT2D eigenvalue weighted by Gasteiger charge is 2.16. The normalized spacial score (nSPS) is 17.1. The zero-order valence-electron chi connectivity index (χ0n) is 13.3. The van der Waals surface area contributed by atoms with Gasteiger partial charge in [0.2, 0.25) is 5.91 Å². The van der Waals surface area contributed by atoms with E-state index in [-0.39, 0.29) is 18.6 Å². The van der Waals surface area contributed by atoms with E-state index in [2.05, 4.69) is 10.4 Å². The Morgan fingerprint density at radius 3 is 3.04 bits per heavy atom. The Morgan fingerprint density at radius 2 is 2.29 bits per heavy atom. The average Bonchev–Trinajstić information content (AvgIpc) is 3.21. The van der Waals surface area contributed by atoms with E-state index in [1.807, 2.05) is 0 Å². The number of rotatable bonds is 5. The lowest BCUT2D eigenvalue weighted by Gasteiger charge is -2.08. The summed E-state index contributed by atoms with van der Waals surface area (Å²) in [4.78, 5) is 35.3. The van der Waals surface area contributed by atoms with Crippen molar-refractivity contribution < 1.29 is 9.53 Å². The van der Waals surface area contributed by atoms with Crippen molar-refractivity contribution in [3.63, 3.8) is 0 Å². The maximum absolute atomic E-state index is 12.1. The maximum Gasteiger partial charge on any atom is 0.331 e. The molecule has 1 fully saturated rings. The van der Waals surface area contributed by atoms with Crippen LogP contribution < -0.4 is 16.6 Å². The molecule has 2 aromatic heterocycles. The highest BCUT2D eigenvalue weighted by molar-refractivity contribution is 5.90. The molecular formula is C15H19N5O4. The Bertz CT molecular complexity index is 844. The first kappa shape index (κ1) is 16.2. The van der Waals surface area contributed by atoms with Gasteiger partial charge in [0.25, 0.3) is 5.56 Å². The standard InChI is InChI=1S/C15H19N5O4/c1-18-14(22)4-5-19(15(18)23)10-13(21)17-11-7-16-20(8-11)9-12-3-2-6-24-12/h4-5,7-8,12H,2-3,6,9-10H2,1H3,(H,17,21). The SMILES string of the molecule is Cn1c(=O)ccn(CC(=O)Nc2cnn(CC3CCCO3)c2)c1=O. The molecule has 1 aliphatic heterocycles. The molecule has 1 amide bonds. The zero-order chi connectivity index (χ0) is 17.1. The Labute approximate surface area is 137 Å². The highest BCUT2D eigenvalue weighted by atomic mass is 16.5. The van der Waals surface area contributed by atoms with Crippen LogP contribution in [0.2, 0.25) is 0 Å². The molecule has 3 heterocycles. The van der Waals surface area contributed by atoms with Crippen LogP contribution in [0, 0.1) is 0 Å². The number of ether oxygens (including phenoxy) is 1. The molecule has 2 aromatic rings. The molecule has 1 aliphatic rings. The van der Waals surface area contributed by atoms with Crippen molar-refractivity contribution in [3.8, 4) is 0 Å². The van der Waals surface area contributed by atoms with Crippen molar-refractivity contribution in [1.82, 2.24) is 18.9 Å². The fourth-order valence-electron chi connectivity index (χ4n) is 2.62. The smallest absolute Gasteiger partial charge is 0.331 e. The molecule has 1 N–H and O–H groups in total. The number of carbonyl (C=O) groups excluding carboxylic acids is 1.